The van der Waals surface area contributed by atoms with E-state index in [9.17, 15) is 9.18 Å². The Kier molecular flexibility index (Phi) is 4.80. The summed E-state index contributed by atoms with van der Waals surface area (Å²) < 4.78 is 23.5. The summed E-state index contributed by atoms with van der Waals surface area (Å²) in [4.78, 5) is 12.1. The van der Waals surface area contributed by atoms with Gasteiger partial charge >= 0.3 is 0 Å². The summed E-state index contributed by atoms with van der Waals surface area (Å²) in [6, 6.07) is 5.52. The molecule has 1 heterocycles. The van der Waals surface area contributed by atoms with Crippen LogP contribution in [0.5, 0.6) is 5.75 Å². The lowest BCUT2D eigenvalue weighted by atomic mass is 10.2. The van der Waals surface area contributed by atoms with Gasteiger partial charge in [0.2, 0.25) is 0 Å². The number of rotatable bonds is 5. The third-order valence-corrected chi connectivity index (χ3v) is 3.00. The number of ether oxygens (including phenoxy) is 1. The monoisotopic (exact) mass is 312 g/mol. The number of hydrogen-bond donors (Lipinski definition) is 1. The van der Waals surface area contributed by atoms with Gasteiger partial charge in [-0.2, -0.15) is 0 Å². The molecule has 2 aromatic rings. The highest BCUT2D eigenvalue weighted by atomic mass is 35.5. The number of aromatic nitrogens is 1. The smallest absolute Gasteiger partial charge is 0.266 e. The molecule has 21 heavy (non-hydrogen) atoms. The van der Waals surface area contributed by atoms with E-state index in [0.717, 1.165) is 0 Å². The zero-order valence-corrected chi connectivity index (χ0v) is 12.3. The number of benzene rings is 1. The third-order valence-electron chi connectivity index (χ3n) is 2.71. The van der Waals surface area contributed by atoms with Crippen molar-refractivity contribution in [2.75, 3.05) is 5.32 Å². The topological polar surface area (TPSA) is 64.4 Å². The number of nitrogens with zero attached hydrogens (tertiary/aromatic N) is 1. The molecule has 0 aliphatic heterocycles. The quantitative estimate of drug-likeness (QED) is 0.916. The normalized spacial score (nSPS) is 12.0. The summed E-state index contributed by atoms with van der Waals surface area (Å²) in [6.45, 7) is 3.51. The molecule has 0 bridgehead atoms. The van der Waals surface area contributed by atoms with E-state index in [4.69, 9.17) is 20.9 Å². The molecule has 0 saturated carbocycles. The van der Waals surface area contributed by atoms with Gasteiger partial charge < -0.3 is 14.6 Å². The predicted molar refractivity (Wildman–Crippen MR) is 76.0 cm³/mol. The Hall–Kier alpha value is -2.08. The number of nitrogens with one attached hydrogen (secondary N) is 1. The van der Waals surface area contributed by atoms with Crippen LogP contribution in [0.3, 0.4) is 0 Å². The van der Waals surface area contributed by atoms with Gasteiger partial charge in [-0.05, 0) is 25.5 Å². The number of halogens is 2. The summed E-state index contributed by atoms with van der Waals surface area (Å²) >= 11 is 5.67. The molecule has 1 amide bonds. The molecule has 1 aromatic carbocycles. The van der Waals surface area contributed by atoms with E-state index in [1.165, 1.54) is 18.2 Å². The Morgan fingerprint density at radius 1 is 1.52 bits per heavy atom. The number of anilines is 1. The van der Waals surface area contributed by atoms with Gasteiger partial charge in [-0.1, -0.05) is 23.7 Å². The van der Waals surface area contributed by atoms with Gasteiger partial charge in [-0.3, -0.25) is 4.79 Å². The van der Waals surface area contributed by atoms with E-state index < -0.39 is 11.9 Å². The second-order valence-corrected chi connectivity index (χ2v) is 4.81. The number of amides is 1. The molecule has 1 N–H and O–H groups in total. The molecule has 0 aliphatic carbocycles. The second kappa shape index (κ2) is 6.58. The van der Waals surface area contributed by atoms with Crippen LogP contribution in [0.2, 0.25) is 5.02 Å². The molecule has 1 aromatic heterocycles. The molecule has 0 fully saturated rings. The van der Waals surface area contributed by atoms with Crippen LogP contribution < -0.4 is 10.1 Å². The molecule has 1 atom stereocenters. The van der Waals surface area contributed by atoms with Crippen molar-refractivity contribution in [2.24, 2.45) is 0 Å². The largest absolute Gasteiger partial charge is 0.481 e. The standard InChI is InChI=1S/C14H14ClFN2O3/c1-3-12(14(19)17-13-6-8(2)21-18-13)20-9-4-5-11(16)10(15)7-9/h4-7,12H,3H2,1-2H3,(H,17,18,19). The fourth-order valence-corrected chi connectivity index (χ4v) is 1.84. The molecule has 7 heteroatoms. The Bertz CT molecular complexity index is 645. The zero-order chi connectivity index (χ0) is 15.4. The highest BCUT2D eigenvalue weighted by Crippen LogP contribution is 2.22. The fourth-order valence-electron chi connectivity index (χ4n) is 1.67. The van der Waals surface area contributed by atoms with Crippen LogP contribution in [0.25, 0.3) is 0 Å². The van der Waals surface area contributed by atoms with E-state index in [2.05, 4.69) is 10.5 Å². The maximum Gasteiger partial charge on any atom is 0.266 e. The van der Waals surface area contributed by atoms with E-state index in [1.807, 2.05) is 0 Å². The fraction of sp³-hybridized carbons (Fsp3) is 0.286. The highest BCUT2D eigenvalue weighted by molar-refractivity contribution is 6.30. The predicted octanol–water partition coefficient (Wildman–Crippen LogP) is 3.57. The SMILES string of the molecule is CCC(Oc1ccc(F)c(Cl)c1)C(=O)Nc1cc(C)on1. The van der Waals surface area contributed by atoms with Crippen LogP contribution >= 0.6 is 11.6 Å². The average molecular weight is 313 g/mol. The molecule has 0 radical (unpaired) electrons. The number of carbonyl (C=O) groups excluding carboxylic acids is 1. The molecule has 5 nitrogen and oxygen atoms in total. The maximum atomic E-state index is 13.1. The molecule has 0 aliphatic rings. The molecule has 2 rings (SSSR count). The first kappa shape index (κ1) is 15.3. The lowest BCUT2D eigenvalue weighted by molar-refractivity contribution is -0.122. The Morgan fingerprint density at radius 2 is 2.29 bits per heavy atom. The first-order valence-corrected chi connectivity index (χ1v) is 6.73. The van der Waals surface area contributed by atoms with Crippen molar-refractivity contribution in [2.45, 2.75) is 26.4 Å². The molecular formula is C14H14ClFN2O3. The van der Waals surface area contributed by atoms with Crippen molar-refractivity contribution >= 4 is 23.3 Å². The van der Waals surface area contributed by atoms with Crippen LogP contribution in [0.15, 0.2) is 28.8 Å². The van der Waals surface area contributed by atoms with Gasteiger partial charge in [-0.15, -0.1) is 0 Å². The van der Waals surface area contributed by atoms with Gasteiger partial charge in [0, 0.05) is 12.1 Å². The maximum absolute atomic E-state index is 13.1. The van der Waals surface area contributed by atoms with Crippen LogP contribution in [-0.2, 0) is 4.79 Å². The highest BCUT2D eigenvalue weighted by Gasteiger charge is 2.20. The number of carbonyl (C=O) groups is 1. The van der Waals surface area contributed by atoms with Gasteiger partial charge in [0.25, 0.3) is 5.91 Å². The minimum Gasteiger partial charge on any atom is -0.481 e. The van der Waals surface area contributed by atoms with Crippen molar-refractivity contribution in [3.05, 3.63) is 40.9 Å². The van der Waals surface area contributed by atoms with E-state index in [1.54, 1.807) is 19.9 Å². The lowest BCUT2D eigenvalue weighted by Gasteiger charge is -2.16. The Morgan fingerprint density at radius 3 is 2.86 bits per heavy atom. The van der Waals surface area contributed by atoms with E-state index in [-0.39, 0.29) is 10.9 Å². The molecule has 112 valence electrons. The molecule has 1 unspecified atom stereocenters. The lowest BCUT2D eigenvalue weighted by Crippen LogP contribution is -2.32. The first-order chi connectivity index (χ1) is 9.99. The summed E-state index contributed by atoms with van der Waals surface area (Å²) in [5.41, 5.74) is 0. The van der Waals surface area contributed by atoms with Crippen molar-refractivity contribution in [1.82, 2.24) is 5.16 Å². The summed E-state index contributed by atoms with van der Waals surface area (Å²) in [6.07, 6.45) is -0.318. The van der Waals surface area contributed by atoms with E-state index in [0.29, 0.717) is 23.7 Å². The van der Waals surface area contributed by atoms with Gasteiger partial charge in [0.1, 0.15) is 17.3 Å². The van der Waals surface area contributed by atoms with E-state index >= 15 is 0 Å². The number of aryl methyl sites for hydroxylation is 1. The van der Waals surface area contributed by atoms with Crippen LogP contribution in [-0.4, -0.2) is 17.2 Å². The minimum absolute atomic E-state index is 0.0603. The molecule has 0 saturated heterocycles. The number of hydrogen-bond acceptors (Lipinski definition) is 4. The minimum atomic E-state index is -0.747. The van der Waals surface area contributed by atoms with Gasteiger partial charge in [0.05, 0.1) is 5.02 Å². The molecule has 0 spiro atoms. The van der Waals surface area contributed by atoms with Crippen LogP contribution in [0, 0.1) is 12.7 Å². The Labute approximate surface area is 126 Å². The third kappa shape index (κ3) is 3.95. The Balaban J connectivity index is 2.04. The van der Waals surface area contributed by atoms with Gasteiger partial charge in [0.15, 0.2) is 11.9 Å². The second-order valence-electron chi connectivity index (χ2n) is 4.40. The zero-order valence-electron chi connectivity index (χ0n) is 11.5. The van der Waals surface area contributed by atoms with Crippen molar-refractivity contribution in [3.8, 4) is 5.75 Å². The van der Waals surface area contributed by atoms with Crippen LogP contribution in [0.1, 0.15) is 19.1 Å². The van der Waals surface area contributed by atoms with Crippen molar-refractivity contribution < 1.29 is 18.4 Å². The van der Waals surface area contributed by atoms with Crippen molar-refractivity contribution in [3.63, 3.8) is 0 Å². The summed E-state index contributed by atoms with van der Waals surface area (Å²) in [5.74, 6) is 0.312. The van der Waals surface area contributed by atoms with Crippen LogP contribution in [0.4, 0.5) is 10.2 Å². The summed E-state index contributed by atoms with van der Waals surface area (Å²) in [5, 5.41) is 6.20. The summed E-state index contributed by atoms with van der Waals surface area (Å²) in [7, 11) is 0. The van der Waals surface area contributed by atoms with Gasteiger partial charge in [-0.25, -0.2) is 4.39 Å². The average Bonchev–Trinajstić information content (AvgIpc) is 2.85. The van der Waals surface area contributed by atoms with Crippen molar-refractivity contribution in [1.29, 1.82) is 0 Å². The molecular weight excluding hydrogens is 299 g/mol. The first-order valence-electron chi connectivity index (χ1n) is 6.35.